The van der Waals surface area contributed by atoms with Crippen LogP contribution >= 0.6 is 0 Å². The molecule has 3 N–H and O–H groups in total. The normalized spacial score (nSPS) is 9.90. The molecule has 1 rings (SSSR count). The van der Waals surface area contributed by atoms with E-state index in [2.05, 4.69) is 11.9 Å². The molecule has 1 aromatic rings. The van der Waals surface area contributed by atoms with Crippen LogP contribution in [0.15, 0.2) is 30.9 Å². The molecule has 0 spiro atoms. The first-order valence-electron chi connectivity index (χ1n) is 6.58. The summed E-state index contributed by atoms with van der Waals surface area (Å²) in [6.07, 6.45) is 3.34. The lowest BCUT2D eigenvalue weighted by Crippen LogP contribution is -2.30. The zero-order valence-electron chi connectivity index (χ0n) is 11.9. The summed E-state index contributed by atoms with van der Waals surface area (Å²) in [5.74, 6) is 0.990. The first kappa shape index (κ1) is 16.0. The number of ether oxygens (including phenoxy) is 2. The van der Waals surface area contributed by atoms with Crippen molar-refractivity contribution >= 4 is 5.91 Å². The van der Waals surface area contributed by atoms with Gasteiger partial charge in [0.05, 0.1) is 7.11 Å². The summed E-state index contributed by atoms with van der Waals surface area (Å²) in [4.78, 5) is 11.5. The van der Waals surface area contributed by atoms with Crippen molar-refractivity contribution in [2.45, 2.75) is 12.8 Å². The van der Waals surface area contributed by atoms with E-state index in [9.17, 15) is 4.79 Å². The second-order valence-corrected chi connectivity index (χ2v) is 4.26. The van der Waals surface area contributed by atoms with Gasteiger partial charge in [0.25, 0.3) is 5.91 Å². The lowest BCUT2D eigenvalue weighted by molar-refractivity contribution is -0.123. The second kappa shape index (κ2) is 8.98. The number of carbonyl (C=O) groups excluding carboxylic acids is 1. The Hall–Kier alpha value is -2.01. The van der Waals surface area contributed by atoms with Crippen LogP contribution in [0.3, 0.4) is 0 Å². The van der Waals surface area contributed by atoms with E-state index >= 15 is 0 Å². The summed E-state index contributed by atoms with van der Waals surface area (Å²) in [6, 6.07) is 5.60. The Kier molecular flexibility index (Phi) is 7.21. The Labute approximate surface area is 119 Å². The van der Waals surface area contributed by atoms with E-state index < -0.39 is 0 Å². The number of methoxy groups -OCH3 is 1. The molecule has 5 heteroatoms. The fourth-order valence-electron chi connectivity index (χ4n) is 1.65. The van der Waals surface area contributed by atoms with Gasteiger partial charge in [-0.2, -0.15) is 0 Å². The van der Waals surface area contributed by atoms with Crippen molar-refractivity contribution in [3.05, 3.63) is 36.4 Å². The number of hydrogen-bond donors (Lipinski definition) is 2. The van der Waals surface area contributed by atoms with Gasteiger partial charge in [-0.25, -0.2) is 0 Å². The molecule has 0 atom stereocenters. The van der Waals surface area contributed by atoms with Crippen molar-refractivity contribution in [2.24, 2.45) is 5.73 Å². The highest BCUT2D eigenvalue weighted by molar-refractivity contribution is 5.77. The highest BCUT2D eigenvalue weighted by atomic mass is 16.5. The average molecular weight is 278 g/mol. The fourth-order valence-corrected chi connectivity index (χ4v) is 1.65. The van der Waals surface area contributed by atoms with Gasteiger partial charge in [0.15, 0.2) is 18.1 Å². The smallest absolute Gasteiger partial charge is 0.257 e. The van der Waals surface area contributed by atoms with Crippen molar-refractivity contribution in [1.82, 2.24) is 5.32 Å². The lowest BCUT2D eigenvalue weighted by Gasteiger charge is -2.12. The van der Waals surface area contributed by atoms with Gasteiger partial charge in [-0.1, -0.05) is 12.1 Å². The van der Waals surface area contributed by atoms with Crippen LogP contribution in [-0.4, -0.2) is 32.7 Å². The topological polar surface area (TPSA) is 73.6 Å². The van der Waals surface area contributed by atoms with Crippen molar-refractivity contribution in [3.8, 4) is 11.5 Å². The summed E-state index contributed by atoms with van der Waals surface area (Å²) in [6.45, 7) is 4.77. The first-order valence-corrected chi connectivity index (χ1v) is 6.58. The van der Waals surface area contributed by atoms with Crippen LogP contribution in [0.5, 0.6) is 11.5 Å². The number of nitrogens with one attached hydrogen (secondary N) is 1. The van der Waals surface area contributed by atoms with Crippen LogP contribution in [0.25, 0.3) is 0 Å². The molecule has 0 bridgehead atoms. The number of allylic oxidation sites excluding steroid dienone is 1. The molecule has 110 valence electrons. The minimum atomic E-state index is -0.171. The molecule has 0 aliphatic carbocycles. The molecule has 0 aromatic heterocycles. The van der Waals surface area contributed by atoms with Gasteiger partial charge in [0.2, 0.25) is 0 Å². The maximum absolute atomic E-state index is 11.5. The molecule has 0 radical (unpaired) electrons. The van der Waals surface area contributed by atoms with Crippen LogP contribution in [0.1, 0.15) is 12.0 Å². The molecule has 0 saturated carbocycles. The van der Waals surface area contributed by atoms with E-state index in [1.54, 1.807) is 13.2 Å². The quantitative estimate of drug-likeness (QED) is 0.527. The Balaban J connectivity index is 2.54. The minimum absolute atomic E-state index is 0.0399. The standard InChI is InChI=1S/C15H22N2O3/c1-3-5-12-6-7-13(14(10-12)19-2)20-11-15(18)17-9-4-8-16/h3,6-7,10H,1,4-5,8-9,11,16H2,2H3,(H,17,18). The molecule has 0 heterocycles. The molecule has 0 unspecified atom stereocenters. The summed E-state index contributed by atoms with van der Waals surface area (Å²) >= 11 is 0. The molecule has 1 amide bonds. The van der Waals surface area contributed by atoms with E-state index in [0.29, 0.717) is 24.6 Å². The van der Waals surface area contributed by atoms with Gasteiger partial charge in [0.1, 0.15) is 0 Å². The first-order chi connectivity index (χ1) is 9.71. The van der Waals surface area contributed by atoms with Crippen LogP contribution < -0.4 is 20.5 Å². The monoisotopic (exact) mass is 278 g/mol. The predicted octanol–water partition coefficient (Wildman–Crippen LogP) is 1.27. The lowest BCUT2D eigenvalue weighted by atomic mass is 10.1. The summed E-state index contributed by atoms with van der Waals surface area (Å²) in [5.41, 5.74) is 6.43. The Morgan fingerprint density at radius 2 is 2.25 bits per heavy atom. The maximum Gasteiger partial charge on any atom is 0.257 e. The molecule has 5 nitrogen and oxygen atoms in total. The highest BCUT2D eigenvalue weighted by Crippen LogP contribution is 2.28. The molecular weight excluding hydrogens is 256 g/mol. The number of benzene rings is 1. The third-order valence-corrected chi connectivity index (χ3v) is 2.67. The van der Waals surface area contributed by atoms with Gasteiger partial charge >= 0.3 is 0 Å². The Morgan fingerprint density at radius 3 is 2.90 bits per heavy atom. The predicted molar refractivity (Wildman–Crippen MR) is 79.1 cm³/mol. The second-order valence-electron chi connectivity index (χ2n) is 4.26. The Morgan fingerprint density at radius 1 is 1.45 bits per heavy atom. The van der Waals surface area contributed by atoms with E-state index in [1.807, 2.05) is 18.2 Å². The van der Waals surface area contributed by atoms with Gasteiger partial charge in [-0.05, 0) is 37.1 Å². The third-order valence-electron chi connectivity index (χ3n) is 2.67. The number of nitrogens with two attached hydrogens (primary N) is 1. The average Bonchev–Trinajstić information content (AvgIpc) is 2.46. The molecule has 0 aliphatic heterocycles. The molecule has 1 aromatic carbocycles. The SMILES string of the molecule is C=CCc1ccc(OCC(=O)NCCCN)c(OC)c1. The molecular formula is C15H22N2O3. The summed E-state index contributed by atoms with van der Waals surface area (Å²) in [7, 11) is 1.57. The van der Waals surface area contributed by atoms with Gasteiger partial charge in [-0.15, -0.1) is 6.58 Å². The van der Waals surface area contributed by atoms with Gasteiger partial charge in [0, 0.05) is 6.54 Å². The van der Waals surface area contributed by atoms with Crippen LogP contribution in [0, 0.1) is 0 Å². The van der Waals surface area contributed by atoms with Gasteiger partial charge < -0.3 is 20.5 Å². The number of amides is 1. The summed E-state index contributed by atoms with van der Waals surface area (Å²) in [5, 5.41) is 2.72. The maximum atomic E-state index is 11.5. The third kappa shape index (κ3) is 5.32. The zero-order valence-corrected chi connectivity index (χ0v) is 11.9. The van der Waals surface area contributed by atoms with E-state index in [1.165, 1.54) is 0 Å². The Bertz CT molecular complexity index is 447. The van der Waals surface area contributed by atoms with Crippen LogP contribution in [-0.2, 0) is 11.2 Å². The highest BCUT2D eigenvalue weighted by Gasteiger charge is 2.08. The number of hydrogen-bond acceptors (Lipinski definition) is 4. The zero-order chi connectivity index (χ0) is 14.8. The van der Waals surface area contributed by atoms with Crippen LogP contribution in [0.2, 0.25) is 0 Å². The summed E-state index contributed by atoms with van der Waals surface area (Å²) < 4.78 is 10.7. The molecule has 0 aliphatic rings. The molecule has 0 saturated heterocycles. The molecule has 0 fully saturated rings. The van der Waals surface area contributed by atoms with Crippen molar-refractivity contribution in [1.29, 1.82) is 0 Å². The largest absolute Gasteiger partial charge is 0.493 e. The van der Waals surface area contributed by atoms with E-state index in [-0.39, 0.29) is 12.5 Å². The minimum Gasteiger partial charge on any atom is -0.493 e. The van der Waals surface area contributed by atoms with Crippen molar-refractivity contribution in [3.63, 3.8) is 0 Å². The van der Waals surface area contributed by atoms with E-state index in [0.717, 1.165) is 18.4 Å². The number of rotatable bonds is 9. The van der Waals surface area contributed by atoms with Gasteiger partial charge in [-0.3, -0.25) is 4.79 Å². The molecule has 20 heavy (non-hydrogen) atoms. The number of carbonyl (C=O) groups is 1. The van der Waals surface area contributed by atoms with Crippen LogP contribution in [0.4, 0.5) is 0 Å². The fraction of sp³-hybridized carbons (Fsp3) is 0.400. The van der Waals surface area contributed by atoms with Crippen molar-refractivity contribution < 1.29 is 14.3 Å². The van der Waals surface area contributed by atoms with E-state index in [4.69, 9.17) is 15.2 Å². The van der Waals surface area contributed by atoms with Crippen molar-refractivity contribution in [2.75, 3.05) is 26.8 Å².